The zero-order chi connectivity index (χ0) is 12.3. The number of rotatable bonds is 3. The van der Waals surface area contributed by atoms with E-state index in [0.717, 1.165) is 21.8 Å². The number of hydrogen-bond acceptors (Lipinski definition) is 2. The van der Waals surface area contributed by atoms with Crippen molar-refractivity contribution in [2.24, 2.45) is 0 Å². The average Bonchev–Trinajstić information content (AvgIpc) is 2.34. The monoisotopic (exact) mass is 248 g/mol. The predicted molar refractivity (Wildman–Crippen MR) is 69.5 cm³/mol. The van der Waals surface area contributed by atoms with Crippen molar-refractivity contribution < 1.29 is 9.13 Å². The topological polar surface area (TPSA) is 9.23 Å². The van der Waals surface area contributed by atoms with Crippen LogP contribution < -0.4 is 4.74 Å². The van der Waals surface area contributed by atoms with Gasteiger partial charge in [0.1, 0.15) is 11.6 Å². The molecule has 0 N–H and O–H groups in total. The van der Waals surface area contributed by atoms with Gasteiger partial charge in [-0.2, -0.15) is 0 Å². The predicted octanol–water partition coefficient (Wildman–Crippen LogP) is 3.71. The van der Waals surface area contributed by atoms with Gasteiger partial charge in [-0.1, -0.05) is 12.1 Å². The van der Waals surface area contributed by atoms with Crippen molar-refractivity contribution in [1.29, 1.82) is 0 Å². The number of hydrogen-bond donors (Lipinski definition) is 1. The van der Waals surface area contributed by atoms with Crippen LogP contribution in [0.25, 0.3) is 0 Å². The summed E-state index contributed by atoms with van der Waals surface area (Å²) in [5.74, 6) is 0.570. The summed E-state index contributed by atoms with van der Waals surface area (Å²) in [5, 5.41) is 0. The zero-order valence-corrected chi connectivity index (χ0v) is 10.4. The molecule has 1 nitrogen and oxygen atoms in total. The van der Waals surface area contributed by atoms with E-state index in [4.69, 9.17) is 4.74 Å². The molecule has 0 amide bonds. The van der Waals surface area contributed by atoms with Gasteiger partial charge in [0.25, 0.3) is 0 Å². The van der Waals surface area contributed by atoms with E-state index in [1.54, 1.807) is 13.2 Å². The largest absolute Gasteiger partial charge is 0.497 e. The van der Waals surface area contributed by atoms with E-state index >= 15 is 0 Å². The van der Waals surface area contributed by atoms with Gasteiger partial charge >= 0.3 is 0 Å². The lowest BCUT2D eigenvalue weighted by molar-refractivity contribution is 0.414. The Hall–Kier alpha value is -1.48. The number of thiol groups is 1. The Bertz CT molecular complexity index is 525. The summed E-state index contributed by atoms with van der Waals surface area (Å²) in [5.41, 5.74) is 1.95. The second kappa shape index (κ2) is 5.23. The van der Waals surface area contributed by atoms with Crippen LogP contribution in [0.2, 0.25) is 0 Å². The summed E-state index contributed by atoms with van der Waals surface area (Å²) in [6.07, 6.45) is 0.647. The molecule has 0 saturated heterocycles. The Morgan fingerprint density at radius 1 is 1.18 bits per heavy atom. The van der Waals surface area contributed by atoms with Gasteiger partial charge < -0.3 is 4.74 Å². The van der Waals surface area contributed by atoms with Gasteiger partial charge in [-0.25, -0.2) is 4.39 Å². The third-order valence-electron chi connectivity index (χ3n) is 2.57. The van der Waals surface area contributed by atoms with Crippen LogP contribution in [-0.2, 0) is 6.42 Å². The number of benzene rings is 2. The van der Waals surface area contributed by atoms with Crippen LogP contribution in [0.3, 0.4) is 0 Å². The number of halogens is 1. The Kier molecular flexibility index (Phi) is 3.69. The lowest BCUT2D eigenvalue weighted by Crippen LogP contribution is -1.92. The minimum atomic E-state index is -0.235. The van der Waals surface area contributed by atoms with Crippen molar-refractivity contribution in [1.82, 2.24) is 0 Å². The third-order valence-corrected chi connectivity index (χ3v) is 3.01. The van der Waals surface area contributed by atoms with Gasteiger partial charge in [-0.3, -0.25) is 0 Å². The fourth-order valence-corrected chi connectivity index (χ4v) is 1.92. The molecule has 3 heteroatoms. The van der Waals surface area contributed by atoms with Crippen molar-refractivity contribution in [3.8, 4) is 5.75 Å². The van der Waals surface area contributed by atoms with E-state index in [1.165, 1.54) is 12.1 Å². The highest BCUT2D eigenvalue weighted by atomic mass is 32.1. The van der Waals surface area contributed by atoms with Crippen molar-refractivity contribution in [3.05, 3.63) is 59.4 Å². The van der Waals surface area contributed by atoms with Gasteiger partial charge in [0.2, 0.25) is 0 Å². The van der Waals surface area contributed by atoms with E-state index in [2.05, 4.69) is 12.6 Å². The first-order valence-electron chi connectivity index (χ1n) is 5.29. The fraction of sp³-hybridized carbons (Fsp3) is 0.143. The van der Waals surface area contributed by atoms with Gasteiger partial charge in [-0.05, 0) is 47.9 Å². The molecule has 2 rings (SSSR count). The molecule has 0 aliphatic rings. The Labute approximate surface area is 106 Å². The second-order valence-electron chi connectivity index (χ2n) is 3.80. The van der Waals surface area contributed by atoms with Crippen LogP contribution in [0.15, 0.2) is 47.4 Å². The standard InChI is InChI=1S/C14H13FOS/c1-16-13-4-2-3-10(8-13)7-11-9-12(15)5-6-14(11)17/h2-6,8-9,17H,7H2,1H3. The summed E-state index contributed by atoms with van der Waals surface area (Å²) in [7, 11) is 1.63. The Morgan fingerprint density at radius 3 is 2.76 bits per heavy atom. The lowest BCUT2D eigenvalue weighted by Gasteiger charge is -2.07. The smallest absolute Gasteiger partial charge is 0.123 e. The molecule has 88 valence electrons. The van der Waals surface area contributed by atoms with Crippen molar-refractivity contribution in [2.45, 2.75) is 11.3 Å². The molecule has 0 aromatic heterocycles. The molecular weight excluding hydrogens is 235 g/mol. The van der Waals surface area contributed by atoms with Crippen molar-refractivity contribution in [2.75, 3.05) is 7.11 Å². The summed E-state index contributed by atoms with van der Waals surface area (Å²) in [4.78, 5) is 0.800. The van der Waals surface area contributed by atoms with Gasteiger partial charge in [0.05, 0.1) is 7.11 Å². The number of ether oxygens (including phenoxy) is 1. The quantitative estimate of drug-likeness (QED) is 0.815. The van der Waals surface area contributed by atoms with Crippen LogP contribution in [-0.4, -0.2) is 7.11 Å². The maximum atomic E-state index is 13.1. The highest BCUT2D eigenvalue weighted by Crippen LogP contribution is 2.21. The molecule has 0 heterocycles. The minimum absolute atomic E-state index is 0.235. The molecular formula is C14H13FOS. The molecule has 17 heavy (non-hydrogen) atoms. The summed E-state index contributed by atoms with van der Waals surface area (Å²) in [6.45, 7) is 0. The maximum Gasteiger partial charge on any atom is 0.123 e. The van der Waals surface area contributed by atoms with Crippen LogP contribution in [0.1, 0.15) is 11.1 Å². The summed E-state index contributed by atoms with van der Waals surface area (Å²) in [6, 6.07) is 12.3. The molecule has 0 bridgehead atoms. The van der Waals surface area contributed by atoms with Crippen LogP contribution >= 0.6 is 12.6 Å². The SMILES string of the molecule is COc1cccc(Cc2cc(F)ccc2S)c1. The van der Waals surface area contributed by atoms with E-state index in [1.807, 2.05) is 24.3 Å². The van der Waals surface area contributed by atoms with Crippen LogP contribution in [0.5, 0.6) is 5.75 Å². The first-order chi connectivity index (χ1) is 8.19. The first kappa shape index (κ1) is 12.0. The van der Waals surface area contributed by atoms with Crippen molar-refractivity contribution >= 4 is 12.6 Å². The molecule has 0 fully saturated rings. The van der Waals surface area contributed by atoms with E-state index in [9.17, 15) is 4.39 Å². The third kappa shape index (κ3) is 3.01. The molecule has 2 aromatic rings. The van der Waals surface area contributed by atoms with Crippen molar-refractivity contribution in [3.63, 3.8) is 0 Å². The van der Waals surface area contributed by atoms with Gasteiger partial charge in [-0.15, -0.1) is 12.6 Å². The summed E-state index contributed by atoms with van der Waals surface area (Å²) < 4.78 is 18.3. The van der Waals surface area contributed by atoms with Gasteiger partial charge in [0.15, 0.2) is 0 Å². The minimum Gasteiger partial charge on any atom is -0.497 e. The molecule has 0 radical (unpaired) electrons. The van der Waals surface area contributed by atoms with E-state index in [-0.39, 0.29) is 5.82 Å². The van der Waals surface area contributed by atoms with Crippen LogP contribution in [0, 0.1) is 5.82 Å². The molecule has 0 aliphatic carbocycles. The highest BCUT2D eigenvalue weighted by molar-refractivity contribution is 7.80. The van der Waals surface area contributed by atoms with Crippen LogP contribution in [0.4, 0.5) is 4.39 Å². The average molecular weight is 248 g/mol. The molecule has 0 aliphatic heterocycles. The molecule has 0 saturated carbocycles. The summed E-state index contributed by atoms with van der Waals surface area (Å²) >= 11 is 4.33. The maximum absolute atomic E-state index is 13.1. The normalized spacial score (nSPS) is 10.3. The van der Waals surface area contributed by atoms with Gasteiger partial charge in [0, 0.05) is 4.90 Å². The molecule has 0 unspecified atom stereocenters. The first-order valence-corrected chi connectivity index (χ1v) is 5.74. The fourth-order valence-electron chi connectivity index (χ4n) is 1.70. The molecule has 2 aromatic carbocycles. The highest BCUT2D eigenvalue weighted by Gasteiger charge is 2.03. The molecule has 0 atom stereocenters. The number of methoxy groups -OCH3 is 1. The second-order valence-corrected chi connectivity index (χ2v) is 4.28. The van der Waals surface area contributed by atoms with E-state index in [0.29, 0.717) is 6.42 Å². The lowest BCUT2D eigenvalue weighted by atomic mass is 10.0. The Morgan fingerprint density at radius 2 is 2.00 bits per heavy atom. The Balaban J connectivity index is 2.27. The molecule has 0 spiro atoms. The zero-order valence-electron chi connectivity index (χ0n) is 9.48. The van der Waals surface area contributed by atoms with E-state index < -0.39 is 0 Å².